The fraction of sp³-hybridized carbons (Fsp3) is 0.200. The van der Waals surface area contributed by atoms with Crippen molar-refractivity contribution in [1.29, 1.82) is 0 Å². The first-order valence-electron chi connectivity index (χ1n) is 10.3. The average Bonchev–Trinajstić information content (AvgIpc) is 3.22. The van der Waals surface area contributed by atoms with Crippen molar-refractivity contribution in [1.82, 2.24) is 15.1 Å². The number of fused-ring (bicyclic) bond motifs is 1. The van der Waals surface area contributed by atoms with Crippen LogP contribution in [0.15, 0.2) is 79.0 Å². The molecule has 0 unspecified atom stereocenters. The topological polar surface area (TPSA) is 65.4 Å². The van der Waals surface area contributed by atoms with Gasteiger partial charge in [0.05, 0.1) is 23.4 Å². The van der Waals surface area contributed by atoms with E-state index in [2.05, 4.69) is 10.4 Å². The van der Waals surface area contributed by atoms with Crippen LogP contribution in [0.3, 0.4) is 0 Å². The van der Waals surface area contributed by atoms with E-state index in [-0.39, 0.29) is 24.4 Å². The van der Waals surface area contributed by atoms with Crippen LogP contribution in [0, 0.1) is 5.82 Å². The Morgan fingerprint density at radius 2 is 1.84 bits per heavy atom. The van der Waals surface area contributed by atoms with Crippen LogP contribution in [0.5, 0.6) is 5.75 Å². The quantitative estimate of drug-likeness (QED) is 0.446. The maximum atomic E-state index is 13.3. The van der Waals surface area contributed by atoms with Crippen LogP contribution < -0.4 is 10.1 Å². The highest BCUT2D eigenvalue weighted by Crippen LogP contribution is 2.29. The molecule has 0 aliphatic heterocycles. The predicted molar refractivity (Wildman–Crippen MR) is 120 cm³/mol. The number of methoxy groups -OCH3 is 1. The SMILES string of the molecule is COCC(=O)N[C@@H](C)[C@@H](Oc1ccc2c(cnn2-c2ccc(F)cc2)c1)c1ccccc1. The molecule has 3 aromatic carbocycles. The lowest BCUT2D eigenvalue weighted by Gasteiger charge is -2.26. The van der Waals surface area contributed by atoms with Gasteiger partial charge in [0.25, 0.3) is 0 Å². The lowest BCUT2D eigenvalue weighted by molar-refractivity contribution is -0.126. The van der Waals surface area contributed by atoms with Gasteiger partial charge in [0, 0.05) is 12.5 Å². The third-order valence-corrected chi connectivity index (χ3v) is 5.12. The van der Waals surface area contributed by atoms with Gasteiger partial charge >= 0.3 is 0 Å². The molecule has 1 N–H and O–H groups in total. The smallest absolute Gasteiger partial charge is 0.246 e. The summed E-state index contributed by atoms with van der Waals surface area (Å²) in [7, 11) is 1.48. The zero-order chi connectivity index (χ0) is 22.5. The van der Waals surface area contributed by atoms with Crippen molar-refractivity contribution in [3.8, 4) is 11.4 Å². The molecular formula is C25H24FN3O3. The van der Waals surface area contributed by atoms with Crippen molar-refractivity contribution in [2.75, 3.05) is 13.7 Å². The molecule has 0 aliphatic carbocycles. The second-order valence-corrected chi connectivity index (χ2v) is 7.49. The summed E-state index contributed by atoms with van der Waals surface area (Å²) in [6.07, 6.45) is 1.34. The number of nitrogens with zero attached hydrogens (tertiary/aromatic N) is 2. The molecule has 164 valence electrons. The molecule has 6 nitrogen and oxygen atoms in total. The number of carbonyl (C=O) groups is 1. The molecule has 4 aromatic rings. The lowest BCUT2D eigenvalue weighted by atomic mass is 10.0. The molecule has 1 aromatic heterocycles. The third-order valence-electron chi connectivity index (χ3n) is 5.12. The molecule has 2 atom stereocenters. The number of hydrogen-bond acceptors (Lipinski definition) is 4. The summed E-state index contributed by atoms with van der Waals surface area (Å²) in [6, 6.07) is 21.3. The minimum atomic E-state index is -0.401. The van der Waals surface area contributed by atoms with E-state index in [0.717, 1.165) is 22.2 Å². The van der Waals surface area contributed by atoms with Crippen molar-refractivity contribution >= 4 is 16.8 Å². The summed E-state index contributed by atoms with van der Waals surface area (Å²) in [5.41, 5.74) is 2.59. The number of ether oxygens (including phenoxy) is 2. The minimum Gasteiger partial charge on any atom is -0.484 e. The standard InChI is InChI=1S/C25H24FN3O3/c1-17(28-24(30)16-31-2)25(18-6-4-3-5-7-18)32-22-12-13-23-19(14-22)15-27-29(23)21-10-8-20(26)9-11-21/h3-15,17,25H,16H2,1-2H3,(H,28,30)/t17-,25+/m0/s1. The lowest BCUT2D eigenvalue weighted by Crippen LogP contribution is -2.40. The van der Waals surface area contributed by atoms with E-state index in [1.165, 1.54) is 19.2 Å². The van der Waals surface area contributed by atoms with Gasteiger partial charge in [0.15, 0.2) is 0 Å². The molecule has 0 aliphatic rings. The maximum absolute atomic E-state index is 13.3. The van der Waals surface area contributed by atoms with Crippen LogP contribution in [0.25, 0.3) is 16.6 Å². The molecule has 0 spiro atoms. The molecule has 0 fully saturated rings. The van der Waals surface area contributed by atoms with E-state index in [4.69, 9.17) is 9.47 Å². The van der Waals surface area contributed by atoms with Crippen LogP contribution in [0.4, 0.5) is 4.39 Å². The Bertz CT molecular complexity index is 1190. The van der Waals surface area contributed by atoms with Crippen molar-refractivity contribution in [3.63, 3.8) is 0 Å². The molecule has 0 bridgehead atoms. The molecular weight excluding hydrogens is 409 g/mol. The Kier molecular flexibility index (Phi) is 6.47. The van der Waals surface area contributed by atoms with Crippen LogP contribution in [-0.2, 0) is 9.53 Å². The molecule has 4 rings (SSSR count). The predicted octanol–water partition coefficient (Wildman–Crippen LogP) is 4.44. The minimum absolute atomic E-state index is 0.0135. The van der Waals surface area contributed by atoms with Crippen LogP contribution in [0.2, 0.25) is 0 Å². The summed E-state index contributed by atoms with van der Waals surface area (Å²) in [4.78, 5) is 12.0. The number of halogens is 1. The Morgan fingerprint density at radius 1 is 1.09 bits per heavy atom. The number of rotatable bonds is 8. The first kappa shape index (κ1) is 21.5. The number of aromatic nitrogens is 2. The molecule has 1 amide bonds. The third kappa shape index (κ3) is 4.78. The first-order chi connectivity index (χ1) is 15.5. The number of amides is 1. The van der Waals surface area contributed by atoms with E-state index in [1.807, 2.05) is 55.5 Å². The monoisotopic (exact) mass is 433 g/mol. The van der Waals surface area contributed by atoms with E-state index in [0.29, 0.717) is 5.75 Å². The average molecular weight is 433 g/mol. The molecule has 1 heterocycles. The Balaban J connectivity index is 1.61. The summed E-state index contributed by atoms with van der Waals surface area (Å²) < 4.78 is 26.3. The number of carbonyl (C=O) groups excluding carboxylic acids is 1. The van der Waals surface area contributed by atoms with Gasteiger partial charge in [-0.1, -0.05) is 30.3 Å². The van der Waals surface area contributed by atoms with Gasteiger partial charge < -0.3 is 14.8 Å². The van der Waals surface area contributed by atoms with Gasteiger partial charge in [0.1, 0.15) is 24.3 Å². The summed E-state index contributed by atoms with van der Waals surface area (Å²) in [5.74, 6) is 0.151. The highest BCUT2D eigenvalue weighted by molar-refractivity contribution is 5.81. The Hall–Kier alpha value is -3.71. The van der Waals surface area contributed by atoms with Gasteiger partial charge in [-0.3, -0.25) is 4.79 Å². The highest BCUT2D eigenvalue weighted by atomic mass is 19.1. The van der Waals surface area contributed by atoms with E-state index in [1.54, 1.807) is 23.0 Å². The Morgan fingerprint density at radius 3 is 2.56 bits per heavy atom. The zero-order valence-electron chi connectivity index (χ0n) is 17.9. The largest absolute Gasteiger partial charge is 0.484 e. The first-order valence-corrected chi connectivity index (χ1v) is 10.3. The van der Waals surface area contributed by atoms with Gasteiger partial charge in [0.2, 0.25) is 5.91 Å². The van der Waals surface area contributed by atoms with Crippen molar-refractivity contribution in [2.45, 2.75) is 19.1 Å². The fourth-order valence-electron chi connectivity index (χ4n) is 3.62. The van der Waals surface area contributed by atoms with Gasteiger partial charge in [-0.15, -0.1) is 0 Å². The summed E-state index contributed by atoms with van der Waals surface area (Å²) in [5, 5.41) is 8.25. The van der Waals surface area contributed by atoms with Crippen LogP contribution in [-0.4, -0.2) is 35.4 Å². The van der Waals surface area contributed by atoms with Gasteiger partial charge in [-0.2, -0.15) is 5.10 Å². The van der Waals surface area contributed by atoms with E-state index >= 15 is 0 Å². The number of nitrogens with one attached hydrogen (secondary N) is 1. The van der Waals surface area contributed by atoms with E-state index < -0.39 is 6.10 Å². The van der Waals surface area contributed by atoms with Gasteiger partial charge in [-0.05, 0) is 55.0 Å². The molecule has 0 saturated carbocycles. The fourth-order valence-corrected chi connectivity index (χ4v) is 3.62. The molecule has 0 radical (unpaired) electrons. The molecule has 0 saturated heterocycles. The van der Waals surface area contributed by atoms with Crippen molar-refractivity contribution in [2.24, 2.45) is 0 Å². The molecule has 32 heavy (non-hydrogen) atoms. The van der Waals surface area contributed by atoms with Crippen molar-refractivity contribution in [3.05, 3.63) is 90.4 Å². The number of benzene rings is 3. The number of hydrogen-bond donors (Lipinski definition) is 1. The molecule has 7 heteroatoms. The maximum Gasteiger partial charge on any atom is 0.246 e. The van der Waals surface area contributed by atoms with Crippen LogP contribution >= 0.6 is 0 Å². The zero-order valence-corrected chi connectivity index (χ0v) is 17.9. The summed E-state index contributed by atoms with van der Waals surface area (Å²) in [6.45, 7) is 1.89. The normalized spacial score (nSPS) is 13.0. The van der Waals surface area contributed by atoms with E-state index in [9.17, 15) is 9.18 Å². The van der Waals surface area contributed by atoms with Gasteiger partial charge in [-0.25, -0.2) is 9.07 Å². The van der Waals surface area contributed by atoms with Crippen molar-refractivity contribution < 1.29 is 18.7 Å². The Labute approximate surface area is 185 Å². The van der Waals surface area contributed by atoms with Crippen LogP contribution in [0.1, 0.15) is 18.6 Å². The second-order valence-electron chi connectivity index (χ2n) is 7.49. The second kappa shape index (κ2) is 9.62. The summed E-state index contributed by atoms with van der Waals surface area (Å²) >= 11 is 0. The highest BCUT2D eigenvalue weighted by Gasteiger charge is 2.23.